The SMILES string of the molecule is Cc1ccc(NC(=O)c2cnc(N3CCN(c4ccccn4)CC3)nc2)cc1. The molecule has 3 heterocycles. The number of aryl methyl sites for hydroxylation is 1. The predicted octanol–water partition coefficient (Wildman–Crippen LogP) is 2.76. The van der Waals surface area contributed by atoms with E-state index in [0.717, 1.165) is 43.2 Å². The number of hydrogen-bond acceptors (Lipinski definition) is 6. The molecule has 1 fully saturated rings. The van der Waals surface area contributed by atoms with Crippen molar-refractivity contribution in [3.05, 3.63) is 72.2 Å². The van der Waals surface area contributed by atoms with Gasteiger partial charge in [-0.15, -0.1) is 0 Å². The first-order valence-corrected chi connectivity index (χ1v) is 9.30. The fraction of sp³-hybridized carbons (Fsp3) is 0.238. The molecule has 28 heavy (non-hydrogen) atoms. The Morgan fingerprint density at radius 2 is 1.57 bits per heavy atom. The summed E-state index contributed by atoms with van der Waals surface area (Å²) in [5.74, 6) is 1.43. The highest BCUT2D eigenvalue weighted by molar-refractivity contribution is 6.03. The van der Waals surface area contributed by atoms with Gasteiger partial charge >= 0.3 is 0 Å². The second-order valence-electron chi connectivity index (χ2n) is 6.75. The van der Waals surface area contributed by atoms with Crippen molar-refractivity contribution in [1.82, 2.24) is 15.0 Å². The average molecular weight is 374 g/mol. The number of pyridine rings is 1. The summed E-state index contributed by atoms with van der Waals surface area (Å²) in [4.78, 5) is 29.9. The minimum Gasteiger partial charge on any atom is -0.353 e. The van der Waals surface area contributed by atoms with Crippen molar-refractivity contribution in [1.29, 1.82) is 0 Å². The maximum atomic E-state index is 12.4. The molecule has 1 amide bonds. The van der Waals surface area contributed by atoms with E-state index >= 15 is 0 Å². The summed E-state index contributed by atoms with van der Waals surface area (Å²) in [6.45, 7) is 5.34. The second-order valence-corrected chi connectivity index (χ2v) is 6.75. The summed E-state index contributed by atoms with van der Waals surface area (Å²) >= 11 is 0. The molecular weight excluding hydrogens is 352 g/mol. The molecule has 0 radical (unpaired) electrons. The van der Waals surface area contributed by atoms with Gasteiger partial charge in [0.15, 0.2) is 0 Å². The largest absolute Gasteiger partial charge is 0.353 e. The van der Waals surface area contributed by atoms with Crippen LogP contribution in [-0.4, -0.2) is 47.0 Å². The zero-order chi connectivity index (χ0) is 19.3. The minimum atomic E-state index is -0.213. The van der Waals surface area contributed by atoms with Crippen LogP contribution in [0.5, 0.6) is 0 Å². The number of benzene rings is 1. The van der Waals surface area contributed by atoms with Crippen LogP contribution in [0, 0.1) is 6.92 Å². The number of carbonyl (C=O) groups is 1. The predicted molar refractivity (Wildman–Crippen MR) is 110 cm³/mol. The Balaban J connectivity index is 1.36. The summed E-state index contributed by atoms with van der Waals surface area (Å²) in [6.07, 6.45) is 4.97. The molecule has 0 aliphatic carbocycles. The first kappa shape index (κ1) is 17.9. The number of anilines is 3. The van der Waals surface area contributed by atoms with Gasteiger partial charge in [0.25, 0.3) is 5.91 Å². The smallest absolute Gasteiger partial charge is 0.258 e. The molecule has 1 N–H and O–H groups in total. The highest BCUT2D eigenvalue weighted by atomic mass is 16.1. The normalized spacial score (nSPS) is 14.0. The van der Waals surface area contributed by atoms with Crippen LogP contribution in [0.4, 0.5) is 17.5 Å². The van der Waals surface area contributed by atoms with Gasteiger partial charge in [0, 0.05) is 50.5 Å². The van der Waals surface area contributed by atoms with Crippen LogP contribution in [0.2, 0.25) is 0 Å². The van der Waals surface area contributed by atoms with Gasteiger partial charge in [0.1, 0.15) is 5.82 Å². The molecule has 3 aromatic rings. The number of carbonyl (C=O) groups excluding carboxylic acids is 1. The Kier molecular flexibility index (Phi) is 5.14. The lowest BCUT2D eigenvalue weighted by atomic mass is 10.2. The zero-order valence-corrected chi connectivity index (χ0v) is 15.7. The third-order valence-corrected chi connectivity index (χ3v) is 4.75. The molecule has 1 aromatic carbocycles. The van der Waals surface area contributed by atoms with Gasteiger partial charge in [-0.2, -0.15) is 0 Å². The second kappa shape index (κ2) is 8.04. The summed E-state index contributed by atoms with van der Waals surface area (Å²) in [6, 6.07) is 13.6. The molecule has 7 heteroatoms. The monoisotopic (exact) mass is 374 g/mol. The van der Waals surface area contributed by atoms with E-state index in [4.69, 9.17) is 0 Å². The first-order valence-electron chi connectivity index (χ1n) is 9.30. The molecular formula is C21H22N6O. The molecule has 0 spiro atoms. The molecule has 4 rings (SSSR count). The van der Waals surface area contributed by atoms with Crippen LogP contribution >= 0.6 is 0 Å². The van der Waals surface area contributed by atoms with E-state index in [0.29, 0.717) is 11.5 Å². The summed E-state index contributed by atoms with van der Waals surface area (Å²) < 4.78 is 0. The number of rotatable bonds is 4. The van der Waals surface area contributed by atoms with Gasteiger partial charge in [-0.25, -0.2) is 15.0 Å². The quantitative estimate of drug-likeness (QED) is 0.757. The maximum absolute atomic E-state index is 12.4. The Hall–Kier alpha value is -3.48. The zero-order valence-electron chi connectivity index (χ0n) is 15.7. The lowest BCUT2D eigenvalue weighted by Crippen LogP contribution is -2.47. The topological polar surface area (TPSA) is 74.2 Å². The third kappa shape index (κ3) is 4.09. The molecule has 0 unspecified atom stereocenters. The minimum absolute atomic E-state index is 0.213. The standard InChI is InChI=1S/C21H22N6O/c1-16-5-7-18(8-6-16)25-20(28)17-14-23-21(24-15-17)27-12-10-26(11-13-27)19-4-2-3-9-22-19/h2-9,14-15H,10-13H2,1H3,(H,25,28). The number of aromatic nitrogens is 3. The van der Waals surface area contributed by atoms with Crippen molar-refractivity contribution in [2.75, 3.05) is 41.3 Å². The molecule has 142 valence electrons. The fourth-order valence-corrected chi connectivity index (χ4v) is 3.12. The van der Waals surface area contributed by atoms with Crippen LogP contribution in [0.1, 0.15) is 15.9 Å². The van der Waals surface area contributed by atoms with Crippen molar-refractivity contribution in [2.24, 2.45) is 0 Å². The molecule has 7 nitrogen and oxygen atoms in total. The van der Waals surface area contributed by atoms with Gasteiger partial charge in [0.2, 0.25) is 5.95 Å². The summed E-state index contributed by atoms with van der Waals surface area (Å²) in [5.41, 5.74) is 2.34. The highest BCUT2D eigenvalue weighted by Gasteiger charge is 2.20. The van der Waals surface area contributed by atoms with Crippen molar-refractivity contribution >= 4 is 23.4 Å². The molecule has 0 atom stereocenters. The molecule has 1 aliphatic heterocycles. The summed E-state index contributed by atoms with van der Waals surface area (Å²) in [5, 5.41) is 2.86. The van der Waals surface area contributed by atoms with E-state index in [1.54, 1.807) is 12.4 Å². The van der Waals surface area contributed by atoms with Gasteiger partial charge in [0.05, 0.1) is 5.56 Å². The number of nitrogens with one attached hydrogen (secondary N) is 1. The lowest BCUT2D eigenvalue weighted by molar-refractivity contribution is 0.102. The Bertz CT molecular complexity index is 919. The number of piperazine rings is 1. The number of hydrogen-bond donors (Lipinski definition) is 1. The van der Waals surface area contributed by atoms with E-state index in [1.807, 2.05) is 55.6 Å². The van der Waals surface area contributed by atoms with Crippen LogP contribution < -0.4 is 15.1 Å². The van der Waals surface area contributed by atoms with E-state index in [2.05, 4.69) is 30.1 Å². The van der Waals surface area contributed by atoms with Crippen molar-refractivity contribution in [3.63, 3.8) is 0 Å². The van der Waals surface area contributed by atoms with Crippen molar-refractivity contribution < 1.29 is 4.79 Å². The lowest BCUT2D eigenvalue weighted by Gasteiger charge is -2.35. The van der Waals surface area contributed by atoms with Crippen molar-refractivity contribution in [3.8, 4) is 0 Å². The Morgan fingerprint density at radius 3 is 2.21 bits per heavy atom. The molecule has 2 aromatic heterocycles. The van der Waals surface area contributed by atoms with E-state index in [-0.39, 0.29) is 5.91 Å². The van der Waals surface area contributed by atoms with Crippen LogP contribution in [-0.2, 0) is 0 Å². The van der Waals surface area contributed by atoms with E-state index in [9.17, 15) is 4.79 Å². The van der Waals surface area contributed by atoms with Gasteiger partial charge in [-0.3, -0.25) is 4.79 Å². The molecule has 0 bridgehead atoms. The van der Waals surface area contributed by atoms with E-state index < -0.39 is 0 Å². The van der Waals surface area contributed by atoms with Gasteiger partial charge in [-0.1, -0.05) is 23.8 Å². The Morgan fingerprint density at radius 1 is 0.893 bits per heavy atom. The number of nitrogens with zero attached hydrogens (tertiary/aromatic N) is 5. The van der Waals surface area contributed by atoms with Crippen LogP contribution in [0.3, 0.4) is 0 Å². The maximum Gasteiger partial charge on any atom is 0.258 e. The van der Waals surface area contributed by atoms with Crippen LogP contribution in [0.25, 0.3) is 0 Å². The fourth-order valence-electron chi connectivity index (χ4n) is 3.12. The van der Waals surface area contributed by atoms with Crippen LogP contribution in [0.15, 0.2) is 61.1 Å². The van der Waals surface area contributed by atoms with Crippen molar-refractivity contribution in [2.45, 2.75) is 6.92 Å². The van der Waals surface area contributed by atoms with E-state index in [1.165, 1.54) is 0 Å². The summed E-state index contributed by atoms with van der Waals surface area (Å²) in [7, 11) is 0. The molecule has 0 saturated carbocycles. The average Bonchev–Trinajstić information content (AvgIpc) is 2.76. The van der Waals surface area contributed by atoms with Gasteiger partial charge < -0.3 is 15.1 Å². The molecule has 1 aliphatic rings. The molecule has 1 saturated heterocycles. The Labute approximate surface area is 164 Å². The highest BCUT2D eigenvalue weighted by Crippen LogP contribution is 2.16. The third-order valence-electron chi connectivity index (χ3n) is 4.75. The first-order chi connectivity index (χ1) is 13.7. The van der Waals surface area contributed by atoms with Gasteiger partial charge in [-0.05, 0) is 31.2 Å². The number of amides is 1.